The maximum absolute atomic E-state index is 12.4. The van der Waals surface area contributed by atoms with Gasteiger partial charge in [0, 0.05) is 19.6 Å². The molecule has 1 amide bonds. The zero-order valence-corrected chi connectivity index (χ0v) is 15.6. The van der Waals surface area contributed by atoms with Gasteiger partial charge < -0.3 is 15.0 Å². The standard InChI is InChI=1S/C16H27N3O4S/c1-5-18-24(21,22)13-8-9-15(23-4)14(12-13)16(20)17-10-11-19(6-2)7-3/h8-9,12,18H,5-7,10-11H2,1-4H3,(H,17,20). The number of benzene rings is 1. The van der Waals surface area contributed by atoms with E-state index in [-0.39, 0.29) is 22.9 Å². The van der Waals surface area contributed by atoms with E-state index in [2.05, 4.69) is 28.8 Å². The summed E-state index contributed by atoms with van der Waals surface area (Å²) in [5.41, 5.74) is 0.205. The van der Waals surface area contributed by atoms with Crippen molar-refractivity contribution >= 4 is 15.9 Å². The minimum Gasteiger partial charge on any atom is -0.496 e. The molecule has 0 saturated carbocycles. The van der Waals surface area contributed by atoms with E-state index < -0.39 is 10.0 Å². The van der Waals surface area contributed by atoms with E-state index in [9.17, 15) is 13.2 Å². The summed E-state index contributed by atoms with van der Waals surface area (Å²) in [6.45, 7) is 9.12. The van der Waals surface area contributed by atoms with Crippen LogP contribution in [0.25, 0.3) is 0 Å². The molecule has 0 atom stereocenters. The molecule has 7 nitrogen and oxygen atoms in total. The summed E-state index contributed by atoms with van der Waals surface area (Å²) in [6, 6.07) is 4.25. The van der Waals surface area contributed by atoms with Gasteiger partial charge in [-0.1, -0.05) is 20.8 Å². The fourth-order valence-corrected chi connectivity index (χ4v) is 3.33. The molecular formula is C16H27N3O4S. The number of carbonyl (C=O) groups excluding carboxylic acids is 1. The summed E-state index contributed by atoms with van der Waals surface area (Å²) in [6.07, 6.45) is 0. The number of rotatable bonds is 10. The molecule has 0 saturated heterocycles. The van der Waals surface area contributed by atoms with Crippen LogP contribution in [0, 0.1) is 0 Å². The summed E-state index contributed by atoms with van der Waals surface area (Å²) in [7, 11) is -2.18. The number of hydrogen-bond acceptors (Lipinski definition) is 5. The van der Waals surface area contributed by atoms with E-state index in [1.807, 2.05) is 0 Å². The third kappa shape index (κ3) is 5.47. The third-order valence-electron chi connectivity index (χ3n) is 3.67. The molecule has 1 rings (SSSR count). The van der Waals surface area contributed by atoms with Crippen molar-refractivity contribution < 1.29 is 17.9 Å². The Balaban J connectivity index is 2.94. The first-order valence-corrected chi connectivity index (χ1v) is 9.56. The summed E-state index contributed by atoms with van der Waals surface area (Å²) in [5.74, 6) is -0.0154. The smallest absolute Gasteiger partial charge is 0.255 e. The highest BCUT2D eigenvalue weighted by Gasteiger charge is 2.19. The molecule has 0 heterocycles. The lowest BCUT2D eigenvalue weighted by atomic mass is 10.2. The Labute approximate surface area is 144 Å². The average Bonchev–Trinajstić information content (AvgIpc) is 2.57. The Kier molecular flexibility index (Phi) is 8.17. The highest BCUT2D eigenvalue weighted by atomic mass is 32.2. The molecule has 0 unspecified atom stereocenters. The Morgan fingerprint density at radius 1 is 1.21 bits per heavy atom. The minimum absolute atomic E-state index is 0.0408. The first-order valence-electron chi connectivity index (χ1n) is 8.07. The number of likely N-dealkylation sites (N-methyl/N-ethyl adjacent to an activating group) is 1. The molecule has 0 bridgehead atoms. The van der Waals surface area contributed by atoms with Gasteiger partial charge in [-0.15, -0.1) is 0 Å². The fourth-order valence-electron chi connectivity index (χ4n) is 2.27. The first-order chi connectivity index (χ1) is 11.4. The Bertz CT molecular complexity index is 643. The topological polar surface area (TPSA) is 87.7 Å². The van der Waals surface area contributed by atoms with Gasteiger partial charge in [0.1, 0.15) is 5.75 Å². The lowest BCUT2D eigenvalue weighted by Crippen LogP contribution is -2.35. The van der Waals surface area contributed by atoms with E-state index in [4.69, 9.17) is 4.74 Å². The fraction of sp³-hybridized carbons (Fsp3) is 0.562. The van der Waals surface area contributed by atoms with Crippen molar-refractivity contribution in [1.29, 1.82) is 0 Å². The molecule has 1 aromatic rings. The lowest BCUT2D eigenvalue weighted by Gasteiger charge is -2.18. The molecule has 0 spiro atoms. The van der Waals surface area contributed by atoms with Gasteiger partial charge in [-0.3, -0.25) is 4.79 Å². The van der Waals surface area contributed by atoms with Gasteiger partial charge in [-0.25, -0.2) is 13.1 Å². The van der Waals surface area contributed by atoms with Crippen molar-refractivity contribution in [3.63, 3.8) is 0 Å². The van der Waals surface area contributed by atoms with E-state index >= 15 is 0 Å². The highest BCUT2D eigenvalue weighted by Crippen LogP contribution is 2.22. The van der Waals surface area contributed by atoms with Gasteiger partial charge in [-0.2, -0.15) is 0 Å². The SMILES string of the molecule is CCNS(=O)(=O)c1ccc(OC)c(C(=O)NCCN(CC)CC)c1. The number of nitrogens with one attached hydrogen (secondary N) is 2. The summed E-state index contributed by atoms with van der Waals surface area (Å²) in [5, 5.41) is 2.81. The predicted octanol–water partition coefficient (Wildman–Crippen LogP) is 1.07. The molecule has 0 aliphatic rings. The molecule has 8 heteroatoms. The maximum atomic E-state index is 12.4. The molecule has 1 aromatic carbocycles. The van der Waals surface area contributed by atoms with Crippen molar-refractivity contribution in [1.82, 2.24) is 14.9 Å². The van der Waals surface area contributed by atoms with Crippen LogP contribution in [0.15, 0.2) is 23.1 Å². The van der Waals surface area contributed by atoms with Crippen molar-refractivity contribution in [2.24, 2.45) is 0 Å². The number of methoxy groups -OCH3 is 1. The zero-order chi connectivity index (χ0) is 18.2. The van der Waals surface area contributed by atoms with Crippen LogP contribution in [0.4, 0.5) is 0 Å². The number of nitrogens with zero attached hydrogens (tertiary/aromatic N) is 1. The second-order valence-electron chi connectivity index (χ2n) is 5.15. The van der Waals surface area contributed by atoms with Crippen LogP contribution in [0.2, 0.25) is 0 Å². The number of carbonyl (C=O) groups is 1. The normalized spacial score (nSPS) is 11.5. The van der Waals surface area contributed by atoms with Gasteiger partial charge in [-0.05, 0) is 31.3 Å². The molecule has 136 valence electrons. The average molecular weight is 357 g/mol. The highest BCUT2D eigenvalue weighted by molar-refractivity contribution is 7.89. The summed E-state index contributed by atoms with van der Waals surface area (Å²) < 4.78 is 31.8. The quantitative estimate of drug-likeness (QED) is 0.654. The predicted molar refractivity (Wildman–Crippen MR) is 94.0 cm³/mol. The minimum atomic E-state index is -3.63. The Hall–Kier alpha value is -1.64. The number of amides is 1. The third-order valence-corrected chi connectivity index (χ3v) is 5.21. The van der Waals surface area contributed by atoms with Crippen molar-refractivity contribution in [2.75, 3.05) is 39.8 Å². The number of hydrogen-bond donors (Lipinski definition) is 2. The number of sulfonamides is 1. The van der Waals surface area contributed by atoms with Crippen molar-refractivity contribution in [3.05, 3.63) is 23.8 Å². The van der Waals surface area contributed by atoms with Crippen LogP contribution in [0.5, 0.6) is 5.75 Å². The number of ether oxygens (including phenoxy) is 1. The lowest BCUT2D eigenvalue weighted by molar-refractivity contribution is 0.0945. The van der Waals surface area contributed by atoms with Crippen LogP contribution >= 0.6 is 0 Å². The molecule has 0 fully saturated rings. The first kappa shape index (κ1) is 20.4. The van der Waals surface area contributed by atoms with Gasteiger partial charge >= 0.3 is 0 Å². The second kappa shape index (κ2) is 9.61. The maximum Gasteiger partial charge on any atom is 0.255 e. The van der Waals surface area contributed by atoms with Crippen LogP contribution in [0.3, 0.4) is 0 Å². The molecular weight excluding hydrogens is 330 g/mol. The van der Waals surface area contributed by atoms with E-state index in [1.165, 1.54) is 25.3 Å². The van der Waals surface area contributed by atoms with E-state index in [0.29, 0.717) is 12.3 Å². The Morgan fingerprint density at radius 3 is 2.42 bits per heavy atom. The monoisotopic (exact) mass is 357 g/mol. The molecule has 0 aliphatic heterocycles. The van der Waals surface area contributed by atoms with Crippen molar-refractivity contribution in [3.8, 4) is 5.75 Å². The van der Waals surface area contributed by atoms with Crippen molar-refractivity contribution in [2.45, 2.75) is 25.7 Å². The molecule has 24 heavy (non-hydrogen) atoms. The molecule has 2 N–H and O–H groups in total. The molecule has 0 aliphatic carbocycles. The van der Waals surface area contributed by atoms with Crippen LogP contribution in [-0.2, 0) is 10.0 Å². The molecule has 0 aromatic heterocycles. The van der Waals surface area contributed by atoms with E-state index in [1.54, 1.807) is 6.92 Å². The second-order valence-corrected chi connectivity index (χ2v) is 6.91. The van der Waals surface area contributed by atoms with Gasteiger partial charge in [0.2, 0.25) is 10.0 Å². The zero-order valence-electron chi connectivity index (χ0n) is 14.8. The van der Waals surface area contributed by atoms with Crippen LogP contribution in [-0.4, -0.2) is 59.1 Å². The Morgan fingerprint density at radius 2 is 1.88 bits per heavy atom. The summed E-state index contributed by atoms with van der Waals surface area (Å²) >= 11 is 0. The van der Waals surface area contributed by atoms with Gasteiger partial charge in [0.05, 0.1) is 17.6 Å². The van der Waals surface area contributed by atoms with E-state index in [0.717, 1.165) is 19.6 Å². The largest absolute Gasteiger partial charge is 0.496 e. The van der Waals surface area contributed by atoms with Crippen LogP contribution < -0.4 is 14.8 Å². The molecule has 0 radical (unpaired) electrons. The van der Waals surface area contributed by atoms with Gasteiger partial charge in [0.25, 0.3) is 5.91 Å². The summed E-state index contributed by atoms with van der Waals surface area (Å²) in [4.78, 5) is 14.6. The van der Waals surface area contributed by atoms with Gasteiger partial charge in [0.15, 0.2) is 0 Å². The van der Waals surface area contributed by atoms with Crippen LogP contribution in [0.1, 0.15) is 31.1 Å².